The van der Waals surface area contributed by atoms with E-state index in [9.17, 15) is 0 Å². The normalized spacial score (nSPS) is 9.00. The summed E-state index contributed by atoms with van der Waals surface area (Å²) in [6, 6.07) is 0. The summed E-state index contributed by atoms with van der Waals surface area (Å²) in [7, 11) is 0. The van der Waals surface area contributed by atoms with Gasteiger partial charge in [-0.05, 0) is 6.92 Å². The summed E-state index contributed by atoms with van der Waals surface area (Å²) >= 11 is 0. The van der Waals surface area contributed by atoms with E-state index >= 15 is 0 Å². The van der Waals surface area contributed by atoms with E-state index < -0.39 is 0 Å². The van der Waals surface area contributed by atoms with E-state index in [1.807, 2.05) is 6.92 Å². The fourth-order valence-electron chi connectivity index (χ4n) is 0.448. The lowest BCUT2D eigenvalue weighted by molar-refractivity contribution is 0.0561. The number of halogens is 1. The van der Waals surface area contributed by atoms with Crippen LogP contribution in [0, 0.1) is 0 Å². The van der Waals surface area contributed by atoms with Crippen molar-refractivity contribution in [2.75, 3.05) is 33.0 Å². The molecule has 0 atom stereocenters. The van der Waals surface area contributed by atoms with Gasteiger partial charge in [-0.3, -0.25) is 0 Å². The van der Waals surface area contributed by atoms with Crippen molar-refractivity contribution in [2.45, 2.75) is 6.92 Å². The first-order chi connectivity index (χ1) is 4.41. The minimum absolute atomic E-state index is 0. The zero-order valence-corrected chi connectivity index (χ0v) is 7.15. The molecule has 0 rings (SSSR count). The zero-order valence-electron chi connectivity index (χ0n) is 6.34. The van der Waals surface area contributed by atoms with Crippen LogP contribution in [0.15, 0.2) is 0 Å². The van der Waals surface area contributed by atoms with Crippen molar-refractivity contribution < 1.29 is 9.47 Å². The molecule has 4 heteroatoms. The van der Waals surface area contributed by atoms with Gasteiger partial charge in [-0.2, -0.15) is 0 Å². The maximum absolute atomic E-state index is 5.18. The Kier molecular flexibility index (Phi) is 15.3. The van der Waals surface area contributed by atoms with Crippen LogP contribution in [0.3, 0.4) is 0 Å². The van der Waals surface area contributed by atoms with Crippen LogP contribution in [-0.4, -0.2) is 33.0 Å². The summed E-state index contributed by atoms with van der Waals surface area (Å²) in [5.41, 5.74) is 5.18. The first-order valence-electron chi connectivity index (χ1n) is 3.27. The summed E-state index contributed by atoms with van der Waals surface area (Å²) in [6.07, 6.45) is 0. The van der Waals surface area contributed by atoms with E-state index in [4.69, 9.17) is 15.2 Å². The summed E-state index contributed by atoms with van der Waals surface area (Å²) in [5, 5.41) is 0. The van der Waals surface area contributed by atoms with Crippen LogP contribution < -0.4 is 5.73 Å². The van der Waals surface area contributed by atoms with Gasteiger partial charge in [0.15, 0.2) is 0 Å². The van der Waals surface area contributed by atoms with Gasteiger partial charge in [0.25, 0.3) is 0 Å². The molecular formula is C6H16ClNO2. The zero-order chi connectivity index (χ0) is 6.95. The van der Waals surface area contributed by atoms with Crippen LogP contribution in [0.5, 0.6) is 0 Å². The molecule has 3 nitrogen and oxygen atoms in total. The minimum Gasteiger partial charge on any atom is -0.379 e. The molecule has 0 saturated carbocycles. The van der Waals surface area contributed by atoms with E-state index in [1.54, 1.807) is 0 Å². The fraction of sp³-hybridized carbons (Fsp3) is 1.00. The number of hydrogen-bond donors (Lipinski definition) is 1. The monoisotopic (exact) mass is 169 g/mol. The highest BCUT2D eigenvalue weighted by Gasteiger charge is 1.83. The van der Waals surface area contributed by atoms with Crippen molar-refractivity contribution in [3.63, 3.8) is 0 Å². The van der Waals surface area contributed by atoms with Gasteiger partial charge in [0.2, 0.25) is 0 Å². The topological polar surface area (TPSA) is 44.5 Å². The second kappa shape index (κ2) is 11.9. The van der Waals surface area contributed by atoms with Gasteiger partial charge >= 0.3 is 0 Å². The lowest BCUT2D eigenvalue weighted by Gasteiger charge is -2.00. The van der Waals surface area contributed by atoms with Crippen molar-refractivity contribution in [3.05, 3.63) is 0 Å². The molecule has 0 aliphatic heterocycles. The largest absolute Gasteiger partial charge is 0.379 e. The smallest absolute Gasteiger partial charge is 0.0701 e. The summed E-state index contributed by atoms with van der Waals surface area (Å²) in [6.45, 7) is 5.27. The van der Waals surface area contributed by atoms with Crippen molar-refractivity contribution in [3.8, 4) is 0 Å². The van der Waals surface area contributed by atoms with Gasteiger partial charge in [0.1, 0.15) is 0 Å². The van der Waals surface area contributed by atoms with Gasteiger partial charge in [0, 0.05) is 13.2 Å². The quantitative estimate of drug-likeness (QED) is 0.587. The van der Waals surface area contributed by atoms with E-state index in [1.165, 1.54) is 0 Å². The van der Waals surface area contributed by atoms with Gasteiger partial charge in [-0.1, -0.05) is 0 Å². The van der Waals surface area contributed by atoms with Gasteiger partial charge in [-0.15, -0.1) is 12.4 Å². The van der Waals surface area contributed by atoms with Crippen LogP contribution >= 0.6 is 12.4 Å². The molecule has 0 saturated heterocycles. The van der Waals surface area contributed by atoms with Gasteiger partial charge in [0.05, 0.1) is 19.8 Å². The molecule has 0 aromatic rings. The lowest BCUT2D eigenvalue weighted by atomic mass is 10.7. The molecule has 0 spiro atoms. The second-order valence-corrected chi connectivity index (χ2v) is 1.60. The maximum atomic E-state index is 5.18. The number of nitrogens with two attached hydrogens (primary N) is 1. The first kappa shape index (κ1) is 12.8. The van der Waals surface area contributed by atoms with Crippen molar-refractivity contribution in [2.24, 2.45) is 5.73 Å². The van der Waals surface area contributed by atoms with Crippen LogP contribution in [0.4, 0.5) is 0 Å². The van der Waals surface area contributed by atoms with Crippen LogP contribution in [0.25, 0.3) is 0 Å². The van der Waals surface area contributed by atoms with Crippen molar-refractivity contribution >= 4 is 12.4 Å². The molecule has 0 heterocycles. The van der Waals surface area contributed by atoms with Gasteiger partial charge < -0.3 is 15.2 Å². The lowest BCUT2D eigenvalue weighted by Crippen LogP contribution is -2.11. The number of rotatable bonds is 6. The Bertz CT molecular complexity index is 49.0. The van der Waals surface area contributed by atoms with E-state index in [-0.39, 0.29) is 12.4 Å². The minimum atomic E-state index is 0. The van der Waals surface area contributed by atoms with E-state index in [0.29, 0.717) is 26.4 Å². The highest BCUT2D eigenvalue weighted by molar-refractivity contribution is 5.85. The Morgan fingerprint density at radius 2 is 1.70 bits per heavy atom. The SMILES string of the molecule is CCOCCOCCN.Cl. The Hall–Kier alpha value is 0.170. The molecule has 64 valence electrons. The molecule has 0 amide bonds. The average molecular weight is 170 g/mol. The van der Waals surface area contributed by atoms with Crippen LogP contribution in [-0.2, 0) is 9.47 Å². The van der Waals surface area contributed by atoms with E-state index in [0.717, 1.165) is 6.61 Å². The molecule has 0 aromatic heterocycles. The maximum Gasteiger partial charge on any atom is 0.0701 e. The third-order valence-corrected chi connectivity index (χ3v) is 0.838. The number of ether oxygens (including phenoxy) is 2. The first-order valence-corrected chi connectivity index (χ1v) is 3.27. The molecular weight excluding hydrogens is 154 g/mol. The molecule has 0 unspecified atom stereocenters. The third-order valence-electron chi connectivity index (χ3n) is 0.838. The van der Waals surface area contributed by atoms with Crippen LogP contribution in [0.2, 0.25) is 0 Å². The Labute approximate surface area is 68.3 Å². The highest BCUT2D eigenvalue weighted by Crippen LogP contribution is 1.75. The van der Waals surface area contributed by atoms with Crippen molar-refractivity contribution in [1.82, 2.24) is 0 Å². The highest BCUT2D eigenvalue weighted by atomic mass is 35.5. The summed E-state index contributed by atoms with van der Waals surface area (Å²) < 4.78 is 10.0. The van der Waals surface area contributed by atoms with Crippen molar-refractivity contribution in [1.29, 1.82) is 0 Å². The second-order valence-electron chi connectivity index (χ2n) is 1.60. The molecule has 0 bridgehead atoms. The standard InChI is InChI=1S/C6H15NO2.ClH/c1-2-8-5-6-9-4-3-7;/h2-7H2,1H3;1H. The Balaban J connectivity index is 0. The predicted molar refractivity (Wildman–Crippen MR) is 43.6 cm³/mol. The molecule has 0 aromatic carbocycles. The number of hydrogen-bond acceptors (Lipinski definition) is 3. The van der Waals surface area contributed by atoms with Crippen LogP contribution in [0.1, 0.15) is 6.92 Å². The summed E-state index contributed by atoms with van der Waals surface area (Å²) in [4.78, 5) is 0. The summed E-state index contributed by atoms with van der Waals surface area (Å²) in [5.74, 6) is 0. The van der Waals surface area contributed by atoms with E-state index in [2.05, 4.69) is 0 Å². The van der Waals surface area contributed by atoms with Gasteiger partial charge in [-0.25, -0.2) is 0 Å². The average Bonchev–Trinajstić information content (AvgIpc) is 1.89. The molecule has 10 heavy (non-hydrogen) atoms. The molecule has 2 N–H and O–H groups in total. The molecule has 0 aliphatic carbocycles. The molecule has 0 radical (unpaired) electrons. The molecule has 0 aliphatic rings. The molecule has 0 fully saturated rings. The third kappa shape index (κ3) is 11.0. The Morgan fingerprint density at radius 1 is 1.10 bits per heavy atom. The predicted octanol–water partition coefficient (Wildman–Crippen LogP) is 0.420. The fourth-order valence-corrected chi connectivity index (χ4v) is 0.448. The Morgan fingerprint density at radius 3 is 2.20 bits per heavy atom.